The van der Waals surface area contributed by atoms with Crippen LogP contribution in [0.3, 0.4) is 0 Å². The van der Waals surface area contributed by atoms with Gasteiger partial charge in [0.15, 0.2) is 0 Å². The quantitative estimate of drug-likeness (QED) is 0.666. The molecule has 0 N–H and O–H groups in total. The summed E-state index contributed by atoms with van der Waals surface area (Å²) in [5.41, 5.74) is 0. The van der Waals surface area contributed by atoms with Crippen LogP contribution >= 0.6 is 11.3 Å². The minimum absolute atomic E-state index is 0.316. The second-order valence-electron chi connectivity index (χ2n) is 2.70. The zero-order valence-electron chi connectivity index (χ0n) is 6.95. The van der Waals surface area contributed by atoms with Crippen LogP contribution in [0.15, 0.2) is 5.38 Å². The van der Waals surface area contributed by atoms with Crippen LogP contribution < -0.4 is 4.74 Å². The molecule has 0 unspecified atom stereocenters. The molecule has 12 heavy (non-hydrogen) atoms. The zero-order chi connectivity index (χ0) is 8.39. The Balaban J connectivity index is 1.84. The lowest BCUT2D eigenvalue weighted by atomic mass is 10.5. The highest BCUT2D eigenvalue weighted by Crippen LogP contribution is 2.18. The fraction of sp³-hybridized carbons (Fsp3) is 0.625. The first-order valence-electron chi connectivity index (χ1n) is 4.07. The first-order valence-corrected chi connectivity index (χ1v) is 4.95. The predicted molar refractivity (Wildman–Crippen MR) is 46.7 cm³/mol. The molecule has 66 valence electrons. The average molecular weight is 185 g/mol. The summed E-state index contributed by atoms with van der Waals surface area (Å²) < 4.78 is 10.4. The highest BCUT2D eigenvalue weighted by Gasteiger charge is 2.23. The van der Waals surface area contributed by atoms with Crippen LogP contribution in [0.2, 0.25) is 0 Å². The molecule has 0 bridgehead atoms. The second-order valence-corrected chi connectivity index (χ2v) is 3.64. The second kappa shape index (κ2) is 3.41. The fourth-order valence-electron chi connectivity index (χ4n) is 0.865. The summed E-state index contributed by atoms with van der Waals surface area (Å²) in [5, 5.41) is 3.07. The molecule has 0 spiro atoms. The van der Waals surface area contributed by atoms with Gasteiger partial charge in [0.25, 0.3) is 0 Å². The van der Waals surface area contributed by atoms with E-state index in [-0.39, 0.29) is 0 Å². The van der Waals surface area contributed by atoms with Crippen molar-refractivity contribution in [2.45, 2.75) is 19.4 Å². The van der Waals surface area contributed by atoms with Crippen molar-refractivity contribution < 1.29 is 9.47 Å². The van der Waals surface area contributed by atoms with Gasteiger partial charge in [-0.15, -0.1) is 11.3 Å². The van der Waals surface area contributed by atoms with E-state index in [1.54, 1.807) is 11.3 Å². The Kier molecular flexibility index (Phi) is 2.28. The fourth-order valence-corrected chi connectivity index (χ4v) is 1.53. The van der Waals surface area contributed by atoms with Crippen molar-refractivity contribution in [2.75, 3.05) is 13.2 Å². The molecule has 0 aliphatic carbocycles. The molecule has 1 saturated heterocycles. The van der Waals surface area contributed by atoms with E-state index in [0.717, 1.165) is 23.9 Å². The Morgan fingerprint density at radius 1 is 1.83 bits per heavy atom. The van der Waals surface area contributed by atoms with Crippen LogP contribution in [0.1, 0.15) is 11.9 Å². The van der Waals surface area contributed by atoms with Gasteiger partial charge in [0.1, 0.15) is 12.7 Å². The van der Waals surface area contributed by atoms with Gasteiger partial charge in [-0.05, 0) is 6.42 Å². The topological polar surface area (TPSA) is 34.6 Å². The first kappa shape index (κ1) is 8.01. The lowest BCUT2D eigenvalue weighted by molar-refractivity contribution is 0.256. The molecule has 0 saturated carbocycles. The van der Waals surface area contributed by atoms with Gasteiger partial charge in [0.2, 0.25) is 5.88 Å². The molecule has 0 amide bonds. The van der Waals surface area contributed by atoms with Crippen LogP contribution in [0.5, 0.6) is 5.88 Å². The third kappa shape index (κ3) is 1.95. The maximum atomic E-state index is 5.39. The van der Waals surface area contributed by atoms with Crippen molar-refractivity contribution in [3.8, 4) is 5.88 Å². The van der Waals surface area contributed by atoms with Crippen molar-refractivity contribution in [3.63, 3.8) is 0 Å². The van der Waals surface area contributed by atoms with Crippen molar-refractivity contribution in [2.24, 2.45) is 0 Å². The molecule has 0 radical (unpaired) electrons. The standard InChI is InChI=1S/C8H11NO2S/c1-2-8-9-7(5-12-8)11-4-6-3-10-6/h5-6H,2-4H2,1H3/t6-/m1/s1. The van der Waals surface area contributed by atoms with Gasteiger partial charge in [-0.25, -0.2) is 4.98 Å². The number of aromatic nitrogens is 1. The summed E-state index contributed by atoms with van der Waals surface area (Å²) >= 11 is 1.64. The number of ether oxygens (including phenoxy) is 2. The summed E-state index contributed by atoms with van der Waals surface area (Å²) in [7, 11) is 0. The van der Waals surface area contributed by atoms with E-state index in [2.05, 4.69) is 11.9 Å². The van der Waals surface area contributed by atoms with Gasteiger partial charge >= 0.3 is 0 Å². The van der Waals surface area contributed by atoms with Crippen molar-refractivity contribution in [1.82, 2.24) is 4.98 Å². The van der Waals surface area contributed by atoms with Crippen LogP contribution in [-0.4, -0.2) is 24.3 Å². The molecule has 2 rings (SSSR count). The zero-order valence-corrected chi connectivity index (χ0v) is 7.76. The van der Waals surface area contributed by atoms with E-state index in [1.807, 2.05) is 5.38 Å². The molecule has 0 aromatic carbocycles. The van der Waals surface area contributed by atoms with E-state index in [1.165, 1.54) is 0 Å². The first-order chi connectivity index (χ1) is 5.88. The molecule has 3 nitrogen and oxygen atoms in total. The molecular weight excluding hydrogens is 174 g/mol. The Labute approximate surface area is 75.3 Å². The molecule has 2 heterocycles. The largest absolute Gasteiger partial charge is 0.474 e. The molecule has 4 heteroatoms. The summed E-state index contributed by atoms with van der Waals surface area (Å²) in [5.74, 6) is 0.743. The van der Waals surface area contributed by atoms with E-state index in [9.17, 15) is 0 Å². The molecule has 1 fully saturated rings. The molecule has 1 aliphatic heterocycles. The van der Waals surface area contributed by atoms with Gasteiger partial charge in [-0.1, -0.05) is 6.92 Å². The summed E-state index contributed by atoms with van der Waals surface area (Å²) in [6.45, 7) is 3.57. The summed E-state index contributed by atoms with van der Waals surface area (Å²) in [6, 6.07) is 0. The lowest BCUT2D eigenvalue weighted by Crippen LogP contribution is -2.04. The number of nitrogens with zero attached hydrogens (tertiary/aromatic N) is 1. The van der Waals surface area contributed by atoms with E-state index in [4.69, 9.17) is 9.47 Å². The minimum atomic E-state index is 0.316. The maximum Gasteiger partial charge on any atom is 0.224 e. The van der Waals surface area contributed by atoms with E-state index >= 15 is 0 Å². The van der Waals surface area contributed by atoms with Gasteiger partial charge in [0, 0.05) is 0 Å². The third-order valence-electron chi connectivity index (χ3n) is 1.65. The van der Waals surface area contributed by atoms with Gasteiger partial charge < -0.3 is 9.47 Å². The normalized spacial score (nSPS) is 20.9. The number of rotatable bonds is 4. The number of epoxide rings is 1. The molecular formula is C8H11NO2S. The van der Waals surface area contributed by atoms with E-state index < -0.39 is 0 Å². The van der Waals surface area contributed by atoms with Crippen molar-refractivity contribution in [1.29, 1.82) is 0 Å². The Morgan fingerprint density at radius 3 is 3.25 bits per heavy atom. The van der Waals surface area contributed by atoms with Crippen LogP contribution in [-0.2, 0) is 11.2 Å². The molecule has 1 aromatic rings. The Morgan fingerprint density at radius 2 is 2.67 bits per heavy atom. The molecule has 1 aromatic heterocycles. The summed E-state index contributed by atoms with van der Waals surface area (Å²) in [6.07, 6.45) is 1.30. The van der Waals surface area contributed by atoms with Gasteiger partial charge in [-0.3, -0.25) is 0 Å². The monoisotopic (exact) mass is 185 g/mol. The number of hydrogen-bond donors (Lipinski definition) is 0. The Hall–Kier alpha value is -0.610. The molecule has 1 atom stereocenters. The smallest absolute Gasteiger partial charge is 0.224 e. The third-order valence-corrected chi connectivity index (χ3v) is 2.62. The predicted octanol–water partition coefficient (Wildman–Crippen LogP) is 1.48. The van der Waals surface area contributed by atoms with Crippen LogP contribution in [0.25, 0.3) is 0 Å². The highest BCUT2D eigenvalue weighted by molar-refractivity contribution is 7.09. The lowest BCUT2D eigenvalue weighted by Gasteiger charge is -1.96. The number of aryl methyl sites for hydroxylation is 1. The summed E-state index contributed by atoms with van der Waals surface area (Å²) in [4.78, 5) is 4.27. The average Bonchev–Trinajstić information content (AvgIpc) is 2.81. The highest BCUT2D eigenvalue weighted by atomic mass is 32.1. The van der Waals surface area contributed by atoms with Crippen LogP contribution in [0, 0.1) is 0 Å². The van der Waals surface area contributed by atoms with E-state index in [0.29, 0.717) is 12.7 Å². The van der Waals surface area contributed by atoms with Crippen molar-refractivity contribution in [3.05, 3.63) is 10.4 Å². The minimum Gasteiger partial charge on any atom is -0.474 e. The van der Waals surface area contributed by atoms with Gasteiger partial charge in [-0.2, -0.15) is 0 Å². The SMILES string of the molecule is CCc1nc(OC[C@H]2CO2)cs1. The maximum absolute atomic E-state index is 5.39. The molecule has 1 aliphatic rings. The Bertz CT molecular complexity index is 257. The van der Waals surface area contributed by atoms with Crippen LogP contribution in [0.4, 0.5) is 0 Å². The van der Waals surface area contributed by atoms with Gasteiger partial charge in [0.05, 0.1) is 17.0 Å². The van der Waals surface area contributed by atoms with Crippen molar-refractivity contribution >= 4 is 11.3 Å². The number of hydrogen-bond acceptors (Lipinski definition) is 4. The number of thiazole rings is 1.